The maximum absolute atomic E-state index is 15.6. The quantitative estimate of drug-likeness (QED) is 0.217. The van der Waals surface area contributed by atoms with Crippen molar-refractivity contribution in [3.05, 3.63) is 174 Å². The normalized spacial score (nSPS) is 19.0. The zero-order valence-corrected chi connectivity index (χ0v) is 23.6. The van der Waals surface area contributed by atoms with Crippen LogP contribution in [0.4, 0.5) is 5.69 Å². The van der Waals surface area contributed by atoms with E-state index in [0.29, 0.717) is 33.9 Å². The molecule has 0 amide bonds. The largest absolute Gasteiger partial charge is 0.293 e. The number of rotatable bonds is 5. The Morgan fingerprint density at radius 1 is 0.568 bits per heavy atom. The van der Waals surface area contributed by atoms with Crippen LogP contribution in [0.15, 0.2) is 157 Å². The van der Waals surface area contributed by atoms with Crippen molar-refractivity contribution < 1.29 is 9.59 Å². The first-order chi connectivity index (χ1) is 21.7. The predicted octanol–water partition coefficient (Wildman–Crippen LogP) is 7.35. The predicted molar refractivity (Wildman–Crippen MR) is 171 cm³/mol. The maximum atomic E-state index is 15.6. The molecule has 6 aromatic rings. The molecule has 0 saturated heterocycles. The summed E-state index contributed by atoms with van der Waals surface area (Å²) in [6.07, 6.45) is 0. The first-order valence-electron chi connectivity index (χ1n) is 14.6. The molecule has 6 heteroatoms. The Labute approximate surface area is 254 Å². The molecule has 44 heavy (non-hydrogen) atoms. The Balaban J connectivity index is 1.50. The number of ketones is 2. The van der Waals surface area contributed by atoms with E-state index in [0.717, 1.165) is 11.1 Å². The van der Waals surface area contributed by atoms with E-state index in [2.05, 4.69) is 0 Å². The molecule has 0 N–H and O–H groups in total. The average molecular weight is 571 g/mol. The van der Waals surface area contributed by atoms with E-state index in [1.54, 1.807) is 9.69 Å². The van der Waals surface area contributed by atoms with Gasteiger partial charge >= 0.3 is 0 Å². The SMILES string of the molecule is O=C1c2c(-c3ccccc3)nn(-c3ccccc3)c2C(=O)[C@@]2(c3ccccc3)[C@@H]1C(c1ccccc1)=NN2c1ccccc1. The van der Waals surface area contributed by atoms with Gasteiger partial charge in [-0.1, -0.05) is 127 Å². The molecule has 0 unspecified atom stereocenters. The van der Waals surface area contributed by atoms with Crippen LogP contribution in [-0.2, 0) is 5.54 Å². The van der Waals surface area contributed by atoms with E-state index in [-0.39, 0.29) is 17.3 Å². The van der Waals surface area contributed by atoms with Crippen molar-refractivity contribution in [3.8, 4) is 16.9 Å². The van der Waals surface area contributed by atoms with Gasteiger partial charge in [-0.3, -0.25) is 9.59 Å². The highest BCUT2D eigenvalue weighted by Crippen LogP contribution is 2.53. The fourth-order valence-corrected chi connectivity index (χ4v) is 6.62. The summed E-state index contributed by atoms with van der Waals surface area (Å²) in [4.78, 5) is 30.9. The lowest BCUT2D eigenvalue weighted by molar-refractivity contribution is 0.0741. The third kappa shape index (κ3) is 3.67. The van der Waals surface area contributed by atoms with Gasteiger partial charge in [0, 0.05) is 5.56 Å². The third-order valence-corrected chi connectivity index (χ3v) is 8.52. The van der Waals surface area contributed by atoms with Gasteiger partial charge in [0.05, 0.1) is 22.6 Å². The van der Waals surface area contributed by atoms with Gasteiger partial charge in [-0.15, -0.1) is 0 Å². The molecule has 5 aromatic carbocycles. The number of carbonyl (C=O) groups excluding carboxylic acids is 2. The third-order valence-electron chi connectivity index (χ3n) is 8.52. The molecule has 0 bridgehead atoms. The second-order valence-electron chi connectivity index (χ2n) is 10.9. The Hall–Kier alpha value is -5.88. The molecule has 1 aromatic heterocycles. The summed E-state index contributed by atoms with van der Waals surface area (Å²) < 4.78 is 1.64. The number of nitrogens with zero attached hydrogens (tertiary/aromatic N) is 4. The minimum Gasteiger partial charge on any atom is -0.293 e. The first-order valence-corrected chi connectivity index (χ1v) is 14.6. The molecule has 0 radical (unpaired) electrons. The summed E-state index contributed by atoms with van der Waals surface area (Å²) in [5.74, 6) is -1.35. The molecule has 0 saturated carbocycles. The second-order valence-corrected chi connectivity index (χ2v) is 10.9. The Kier molecular flexibility index (Phi) is 5.94. The van der Waals surface area contributed by atoms with E-state index in [1.807, 2.05) is 152 Å². The number of hydrogen-bond donors (Lipinski definition) is 0. The molecular formula is C38H26N4O2. The highest BCUT2D eigenvalue weighted by atomic mass is 16.2. The molecule has 1 aliphatic carbocycles. The number of fused-ring (bicyclic) bond motifs is 2. The highest BCUT2D eigenvalue weighted by Gasteiger charge is 2.66. The van der Waals surface area contributed by atoms with Gasteiger partial charge in [0.1, 0.15) is 17.3 Å². The van der Waals surface area contributed by atoms with E-state index in [4.69, 9.17) is 10.2 Å². The van der Waals surface area contributed by atoms with Gasteiger partial charge in [-0.2, -0.15) is 10.2 Å². The van der Waals surface area contributed by atoms with E-state index < -0.39 is 11.5 Å². The van der Waals surface area contributed by atoms with Gasteiger partial charge in [-0.05, 0) is 35.4 Å². The molecule has 2 aliphatic rings. The van der Waals surface area contributed by atoms with E-state index in [1.165, 1.54) is 0 Å². The van der Waals surface area contributed by atoms with Crippen LogP contribution in [-0.4, -0.2) is 27.1 Å². The lowest BCUT2D eigenvalue weighted by Gasteiger charge is -2.42. The maximum Gasteiger partial charge on any atom is 0.215 e. The number of benzene rings is 5. The van der Waals surface area contributed by atoms with Crippen molar-refractivity contribution in [1.29, 1.82) is 0 Å². The van der Waals surface area contributed by atoms with Gasteiger partial charge < -0.3 is 0 Å². The number of anilines is 1. The molecule has 2 heterocycles. The number of carbonyl (C=O) groups is 2. The topological polar surface area (TPSA) is 67.6 Å². The van der Waals surface area contributed by atoms with Crippen molar-refractivity contribution in [1.82, 2.24) is 9.78 Å². The number of Topliss-reactive ketones (excluding diaryl/α,β-unsaturated/α-hetero) is 2. The van der Waals surface area contributed by atoms with Crippen molar-refractivity contribution >= 4 is 23.0 Å². The first kappa shape index (κ1) is 25.8. The smallest absolute Gasteiger partial charge is 0.215 e. The molecular weight excluding hydrogens is 544 g/mol. The van der Waals surface area contributed by atoms with E-state index >= 15 is 9.59 Å². The molecule has 0 spiro atoms. The van der Waals surface area contributed by atoms with Crippen LogP contribution in [0.5, 0.6) is 0 Å². The lowest BCUT2D eigenvalue weighted by atomic mass is 9.64. The van der Waals surface area contributed by atoms with Crippen LogP contribution in [0.3, 0.4) is 0 Å². The van der Waals surface area contributed by atoms with Gasteiger partial charge in [0.25, 0.3) is 0 Å². The standard InChI is InChI=1S/C38H26N4O2/c43-36-31-33(26-16-6-1-7-17-26)39-41(29-22-12-4-13-23-29)35(31)37(44)38(28-20-10-3-11-21-28)32(36)34(27-18-8-2-9-19-27)40-42(38)30-24-14-5-15-25-30/h1-25,32H/t32-,38-/m1/s1. The van der Waals surface area contributed by atoms with Crippen molar-refractivity contribution in [2.45, 2.75) is 5.54 Å². The number of aromatic nitrogens is 2. The zero-order valence-electron chi connectivity index (χ0n) is 23.6. The Bertz CT molecular complexity index is 2040. The van der Waals surface area contributed by atoms with Gasteiger partial charge in [-0.25, -0.2) is 9.69 Å². The van der Waals surface area contributed by atoms with Crippen molar-refractivity contribution in [3.63, 3.8) is 0 Å². The molecule has 8 rings (SSSR count). The summed E-state index contributed by atoms with van der Waals surface area (Å²) in [7, 11) is 0. The van der Waals surface area contributed by atoms with Gasteiger partial charge in [0.15, 0.2) is 11.3 Å². The summed E-state index contributed by atoms with van der Waals surface area (Å²) in [5.41, 5.74) is 3.77. The summed E-state index contributed by atoms with van der Waals surface area (Å²) >= 11 is 0. The molecule has 1 aliphatic heterocycles. The minimum absolute atomic E-state index is 0.189. The second kappa shape index (κ2) is 10.1. The van der Waals surface area contributed by atoms with E-state index in [9.17, 15) is 0 Å². The van der Waals surface area contributed by atoms with Gasteiger partial charge in [0.2, 0.25) is 5.78 Å². The molecule has 0 fully saturated rings. The number of para-hydroxylation sites is 2. The summed E-state index contributed by atoms with van der Waals surface area (Å²) in [6, 6.07) is 48.0. The fraction of sp³-hybridized carbons (Fsp3) is 0.0526. The van der Waals surface area contributed by atoms with Crippen LogP contribution in [0.25, 0.3) is 16.9 Å². The summed E-state index contributed by atoms with van der Waals surface area (Å²) in [6.45, 7) is 0. The number of hydrogen-bond acceptors (Lipinski definition) is 5. The van der Waals surface area contributed by atoms with Crippen LogP contribution in [0.2, 0.25) is 0 Å². The molecule has 6 nitrogen and oxygen atoms in total. The number of hydrazone groups is 1. The Morgan fingerprint density at radius 3 is 1.66 bits per heavy atom. The van der Waals surface area contributed by atoms with Crippen molar-refractivity contribution in [2.24, 2.45) is 11.0 Å². The molecule has 210 valence electrons. The molecule has 2 atom stereocenters. The minimum atomic E-state index is -1.49. The van der Waals surface area contributed by atoms with Crippen LogP contribution >= 0.6 is 0 Å². The van der Waals surface area contributed by atoms with Crippen LogP contribution in [0, 0.1) is 5.92 Å². The summed E-state index contributed by atoms with van der Waals surface area (Å²) in [5, 5.41) is 11.9. The van der Waals surface area contributed by atoms with Crippen molar-refractivity contribution in [2.75, 3.05) is 5.01 Å². The lowest BCUT2D eigenvalue weighted by Crippen LogP contribution is -2.58. The van der Waals surface area contributed by atoms with Crippen LogP contribution in [0.1, 0.15) is 32.0 Å². The fourth-order valence-electron chi connectivity index (χ4n) is 6.62. The van der Waals surface area contributed by atoms with Crippen LogP contribution < -0.4 is 5.01 Å². The Morgan fingerprint density at radius 2 is 1.07 bits per heavy atom. The average Bonchev–Trinajstić information content (AvgIpc) is 3.69. The zero-order chi connectivity index (χ0) is 29.7. The highest BCUT2D eigenvalue weighted by molar-refractivity contribution is 6.32. The monoisotopic (exact) mass is 570 g/mol.